The van der Waals surface area contributed by atoms with Crippen molar-refractivity contribution in [3.8, 4) is 5.75 Å². The van der Waals surface area contributed by atoms with Crippen molar-refractivity contribution in [3.63, 3.8) is 0 Å². The number of rotatable bonds is 12. The molecule has 0 bridgehead atoms. The van der Waals surface area contributed by atoms with Gasteiger partial charge in [0.1, 0.15) is 11.8 Å². The summed E-state index contributed by atoms with van der Waals surface area (Å²) in [5.74, 6) is 1.64. The number of amides is 2. The summed E-state index contributed by atoms with van der Waals surface area (Å²) >= 11 is 1.55. The summed E-state index contributed by atoms with van der Waals surface area (Å²) < 4.78 is 5.22. The van der Waals surface area contributed by atoms with Crippen LogP contribution >= 0.6 is 11.8 Å². The topological polar surface area (TPSA) is 58.6 Å². The van der Waals surface area contributed by atoms with Crippen molar-refractivity contribution in [1.82, 2.24) is 10.2 Å². The first kappa shape index (κ1) is 26.4. The smallest absolute Gasteiger partial charge is 0.243 e. The lowest BCUT2D eigenvalue weighted by Crippen LogP contribution is -2.51. The Hall–Kier alpha value is -3.25. The predicted molar refractivity (Wildman–Crippen MR) is 144 cm³/mol. The molecular formula is C29H34N2O3S. The first-order chi connectivity index (χ1) is 17.0. The molecule has 0 aliphatic rings. The van der Waals surface area contributed by atoms with E-state index in [-0.39, 0.29) is 11.8 Å². The minimum absolute atomic E-state index is 0.0443. The van der Waals surface area contributed by atoms with Crippen LogP contribution in [-0.4, -0.2) is 42.2 Å². The second kappa shape index (κ2) is 13.6. The molecule has 35 heavy (non-hydrogen) atoms. The Morgan fingerprint density at radius 2 is 1.66 bits per heavy atom. The molecule has 0 fully saturated rings. The predicted octanol–water partition coefficient (Wildman–Crippen LogP) is 5.01. The molecule has 0 aromatic heterocycles. The van der Waals surface area contributed by atoms with E-state index in [1.807, 2.05) is 86.6 Å². The van der Waals surface area contributed by atoms with Gasteiger partial charge in [0.15, 0.2) is 0 Å². The Balaban J connectivity index is 1.80. The molecule has 0 radical (unpaired) electrons. The van der Waals surface area contributed by atoms with Gasteiger partial charge in [-0.2, -0.15) is 0 Å². The number of methoxy groups -OCH3 is 1. The molecule has 3 rings (SSSR count). The molecule has 0 saturated heterocycles. The van der Waals surface area contributed by atoms with E-state index in [9.17, 15) is 9.59 Å². The Kier molecular flexibility index (Phi) is 10.2. The van der Waals surface area contributed by atoms with Crippen molar-refractivity contribution in [3.05, 3.63) is 101 Å². The number of hydrogen-bond acceptors (Lipinski definition) is 4. The first-order valence-corrected chi connectivity index (χ1v) is 13.0. The molecule has 1 N–H and O–H groups in total. The molecule has 0 saturated carbocycles. The Morgan fingerprint density at radius 1 is 0.943 bits per heavy atom. The summed E-state index contributed by atoms with van der Waals surface area (Å²) in [6.07, 6.45) is 0.466. The van der Waals surface area contributed by atoms with Crippen molar-refractivity contribution >= 4 is 23.6 Å². The van der Waals surface area contributed by atoms with Crippen molar-refractivity contribution in [2.45, 2.75) is 38.6 Å². The number of ether oxygens (including phenoxy) is 1. The van der Waals surface area contributed by atoms with Gasteiger partial charge in [0.05, 0.1) is 12.9 Å². The van der Waals surface area contributed by atoms with E-state index in [0.29, 0.717) is 31.0 Å². The monoisotopic (exact) mass is 490 g/mol. The summed E-state index contributed by atoms with van der Waals surface area (Å²) in [4.78, 5) is 28.5. The minimum Gasteiger partial charge on any atom is -0.497 e. The standard InChI is InChI=1S/C29H34N2O3S/c1-4-30-29(33)27(18-23-10-6-5-7-11-23)31(19-25-12-8-9-22(2)17-25)28(32)21-35-20-24-13-15-26(34-3)16-14-24/h5-17,27H,4,18-21H2,1-3H3,(H,30,33)/t27-/m0/s1. The van der Waals surface area contributed by atoms with Gasteiger partial charge in [-0.25, -0.2) is 0 Å². The molecule has 5 nitrogen and oxygen atoms in total. The van der Waals surface area contributed by atoms with Gasteiger partial charge in [-0.3, -0.25) is 9.59 Å². The highest BCUT2D eigenvalue weighted by Gasteiger charge is 2.30. The number of nitrogens with one attached hydrogen (secondary N) is 1. The number of aryl methyl sites for hydroxylation is 1. The third kappa shape index (κ3) is 8.18. The van der Waals surface area contributed by atoms with Gasteiger partial charge >= 0.3 is 0 Å². The van der Waals surface area contributed by atoms with Crippen LogP contribution in [0.1, 0.15) is 29.2 Å². The lowest BCUT2D eigenvalue weighted by atomic mass is 10.0. The summed E-state index contributed by atoms with van der Waals surface area (Å²) in [5, 5.41) is 2.94. The molecule has 0 spiro atoms. The maximum absolute atomic E-state index is 13.6. The highest BCUT2D eigenvalue weighted by molar-refractivity contribution is 7.99. The molecule has 0 heterocycles. The number of thioether (sulfide) groups is 1. The first-order valence-electron chi connectivity index (χ1n) is 11.9. The number of carbonyl (C=O) groups is 2. The van der Waals surface area contributed by atoms with E-state index in [0.717, 1.165) is 28.0 Å². The van der Waals surface area contributed by atoms with Crippen LogP contribution in [0.2, 0.25) is 0 Å². The molecule has 0 aliphatic heterocycles. The lowest BCUT2D eigenvalue weighted by molar-refractivity contribution is -0.139. The van der Waals surface area contributed by atoms with Crippen LogP contribution in [0.5, 0.6) is 5.75 Å². The molecule has 3 aromatic rings. The van der Waals surface area contributed by atoms with E-state index >= 15 is 0 Å². The van der Waals surface area contributed by atoms with Crippen molar-refractivity contribution in [1.29, 1.82) is 0 Å². The third-order valence-electron chi connectivity index (χ3n) is 5.71. The molecular weight excluding hydrogens is 456 g/mol. The van der Waals surface area contributed by atoms with Gasteiger partial charge < -0.3 is 15.0 Å². The number of benzene rings is 3. The number of nitrogens with zero attached hydrogens (tertiary/aromatic N) is 1. The molecule has 184 valence electrons. The fourth-order valence-corrected chi connectivity index (χ4v) is 4.78. The normalized spacial score (nSPS) is 11.5. The highest BCUT2D eigenvalue weighted by Crippen LogP contribution is 2.20. The lowest BCUT2D eigenvalue weighted by Gasteiger charge is -2.31. The fraction of sp³-hybridized carbons (Fsp3) is 0.310. The average molecular weight is 491 g/mol. The minimum atomic E-state index is -0.591. The summed E-state index contributed by atoms with van der Waals surface area (Å²) in [5.41, 5.74) is 4.29. The van der Waals surface area contributed by atoms with Gasteiger partial charge in [-0.15, -0.1) is 11.8 Å². The van der Waals surface area contributed by atoms with Crippen LogP contribution in [0.3, 0.4) is 0 Å². The van der Waals surface area contributed by atoms with E-state index in [1.165, 1.54) is 0 Å². The zero-order valence-corrected chi connectivity index (χ0v) is 21.5. The van der Waals surface area contributed by atoms with Crippen LogP contribution in [0.25, 0.3) is 0 Å². The Labute approximate surface area is 212 Å². The van der Waals surface area contributed by atoms with Crippen LogP contribution in [0.4, 0.5) is 0 Å². The van der Waals surface area contributed by atoms with Crippen LogP contribution in [0, 0.1) is 6.92 Å². The summed E-state index contributed by atoms with van der Waals surface area (Å²) in [6.45, 7) is 4.83. The van der Waals surface area contributed by atoms with Gasteiger partial charge in [0.2, 0.25) is 11.8 Å². The summed E-state index contributed by atoms with van der Waals surface area (Å²) in [6, 6.07) is 25.2. The van der Waals surface area contributed by atoms with Crippen LogP contribution < -0.4 is 10.1 Å². The maximum Gasteiger partial charge on any atom is 0.243 e. The van der Waals surface area contributed by atoms with Gasteiger partial charge in [0.25, 0.3) is 0 Å². The molecule has 2 amide bonds. The van der Waals surface area contributed by atoms with Crippen molar-refractivity contribution < 1.29 is 14.3 Å². The van der Waals surface area contributed by atoms with E-state index in [1.54, 1.807) is 23.8 Å². The molecule has 6 heteroatoms. The van der Waals surface area contributed by atoms with E-state index in [4.69, 9.17) is 4.74 Å². The SMILES string of the molecule is CCNC(=O)[C@H](Cc1ccccc1)N(Cc1cccc(C)c1)C(=O)CSCc1ccc(OC)cc1. The fourth-order valence-electron chi connectivity index (χ4n) is 3.91. The van der Waals surface area contributed by atoms with Crippen LogP contribution in [0.15, 0.2) is 78.9 Å². The van der Waals surface area contributed by atoms with Gasteiger partial charge in [-0.1, -0.05) is 72.3 Å². The molecule has 3 aromatic carbocycles. The number of hydrogen-bond donors (Lipinski definition) is 1. The maximum atomic E-state index is 13.6. The van der Waals surface area contributed by atoms with Crippen molar-refractivity contribution in [2.75, 3.05) is 19.4 Å². The molecule has 1 atom stereocenters. The van der Waals surface area contributed by atoms with Crippen molar-refractivity contribution in [2.24, 2.45) is 0 Å². The largest absolute Gasteiger partial charge is 0.497 e. The average Bonchev–Trinajstić information content (AvgIpc) is 2.87. The molecule has 0 unspecified atom stereocenters. The number of carbonyl (C=O) groups excluding carboxylic acids is 2. The van der Waals surface area contributed by atoms with E-state index in [2.05, 4.69) is 11.4 Å². The zero-order chi connectivity index (χ0) is 25.0. The highest BCUT2D eigenvalue weighted by atomic mass is 32.2. The second-order valence-corrected chi connectivity index (χ2v) is 9.44. The second-order valence-electron chi connectivity index (χ2n) is 8.45. The summed E-state index contributed by atoms with van der Waals surface area (Å²) in [7, 11) is 1.64. The van der Waals surface area contributed by atoms with Gasteiger partial charge in [0, 0.05) is 25.3 Å². The van der Waals surface area contributed by atoms with E-state index < -0.39 is 6.04 Å². The molecule has 0 aliphatic carbocycles. The van der Waals surface area contributed by atoms with Gasteiger partial charge in [-0.05, 0) is 42.7 Å². The third-order valence-corrected chi connectivity index (χ3v) is 6.70. The zero-order valence-electron chi connectivity index (χ0n) is 20.7. The van der Waals surface area contributed by atoms with Crippen LogP contribution in [-0.2, 0) is 28.3 Å². The quantitative estimate of drug-likeness (QED) is 0.388. The Bertz CT molecular complexity index is 1090. The number of likely N-dealkylation sites (N-methyl/N-ethyl adjacent to an activating group) is 1. The Morgan fingerprint density at radius 3 is 2.31 bits per heavy atom.